The zero-order chi connectivity index (χ0) is 17.2. The van der Waals surface area contributed by atoms with Gasteiger partial charge in [0.05, 0.1) is 5.69 Å². The summed E-state index contributed by atoms with van der Waals surface area (Å²) in [7, 11) is 0. The van der Waals surface area contributed by atoms with E-state index in [1.165, 1.54) is 0 Å². The number of aromatic amines is 1. The number of hydrogen-bond acceptors (Lipinski definition) is 4. The van der Waals surface area contributed by atoms with E-state index in [0.717, 1.165) is 23.5 Å². The summed E-state index contributed by atoms with van der Waals surface area (Å²) in [6, 6.07) is 7.64. The molecule has 0 atom stereocenters. The monoisotopic (exact) mass is 325 g/mol. The molecular weight excluding hydrogens is 311 g/mol. The predicted molar refractivity (Wildman–Crippen MR) is 83.7 cm³/mol. The van der Waals surface area contributed by atoms with Gasteiger partial charge < -0.3 is 16.0 Å². The number of nitrogens with one attached hydrogen (secondary N) is 2. The third-order valence-corrected chi connectivity index (χ3v) is 3.20. The topological polar surface area (TPSA) is 88.0 Å². The lowest BCUT2D eigenvalue weighted by atomic mass is 10.2. The Hall–Kier alpha value is -2.77. The summed E-state index contributed by atoms with van der Waals surface area (Å²) in [5.74, 6) is 0. The maximum atomic E-state index is 11.3. The lowest BCUT2D eigenvalue weighted by molar-refractivity contribution is -0.130. The Morgan fingerprint density at radius 3 is 2.35 bits per heavy atom. The minimum absolute atomic E-state index is 0.000260. The van der Waals surface area contributed by atoms with Crippen LogP contribution < -0.4 is 21.9 Å². The third-order valence-electron chi connectivity index (χ3n) is 3.20. The molecule has 0 amide bonds. The van der Waals surface area contributed by atoms with Crippen LogP contribution in [0.4, 0.5) is 30.2 Å². The summed E-state index contributed by atoms with van der Waals surface area (Å²) in [4.78, 5) is 25.3. The number of nitrogen functional groups attached to an aromatic ring is 1. The molecule has 23 heavy (non-hydrogen) atoms. The lowest BCUT2D eigenvalue weighted by Gasteiger charge is -2.08. The van der Waals surface area contributed by atoms with Crippen molar-refractivity contribution in [3.8, 4) is 0 Å². The second-order valence-corrected chi connectivity index (χ2v) is 4.79. The minimum atomic E-state index is -3.96. The molecule has 4 N–H and O–H groups in total. The molecule has 3 rings (SSSR count). The number of para-hydroxylation sites is 1. The summed E-state index contributed by atoms with van der Waals surface area (Å²) >= 11 is 0. The fraction of sp³-hybridized carbons (Fsp3) is 0.200. The largest absolute Gasteiger partial charge is 0.394 e. The van der Waals surface area contributed by atoms with Gasteiger partial charge in [0.25, 0.3) is 10.9 Å². The molecule has 0 spiro atoms. The molecular formula is C15H14F3N3O2. The summed E-state index contributed by atoms with van der Waals surface area (Å²) in [5, 5.41) is 3.83. The van der Waals surface area contributed by atoms with E-state index in [-0.39, 0.29) is 11.4 Å². The molecule has 0 saturated carbocycles. The highest BCUT2D eigenvalue weighted by Gasteiger charge is 2.22. The Morgan fingerprint density at radius 2 is 1.78 bits per heavy atom. The van der Waals surface area contributed by atoms with Gasteiger partial charge in [0, 0.05) is 23.5 Å². The van der Waals surface area contributed by atoms with E-state index in [4.69, 9.17) is 5.73 Å². The van der Waals surface area contributed by atoms with Gasteiger partial charge in [-0.2, -0.15) is 13.2 Å². The summed E-state index contributed by atoms with van der Waals surface area (Å²) in [6.07, 6.45) is -2.95. The summed E-state index contributed by atoms with van der Waals surface area (Å²) in [6.45, 7) is 1.08. The molecule has 0 aliphatic rings. The average Bonchev–Trinajstić information content (AvgIpc) is 2.94. The first-order valence-electron chi connectivity index (χ1n) is 6.73. The van der Waals surface area contributed by atoms with Gasteiger partial charge in [-0.25, -0.2) is 0 Å². The van der Waals surface area contributed by atoms with Gasteiger partial charge in [0.15, 0.2) is 0 Å². The van der Waals surface area contributed by atoms with Gasteiger partial charge in [0.1, 0.15) is 11.4 Å². The highest BCUT2D eigenvalue weighted by atomic mass is 19.4. The van der Waals surface area contributed by atoms with Crippen LogP contribution >= 0.6 is 0 Å². The number of benzene rings is 1. The molecule has 2 aromatic carbocycles. The minimum Gasteiger partial charge on any atom is -0.394 e. The van der Waals surface area contributed by atoms with Crippen LogP contribution in [0, 0.1) is 0 Å². The zero-order valence-electron chi connectivity index (χ0n) is 12.1. The number of rotatable bonds is 2. The van der Waals surface area contributed by atoms with E-state index in [0.29, 0.717) is 0 Å². The van der Waals surface area contributed by atoms with Crippen molar-refractivity contribution in [2.75, 3.05) is 11.1 Å². The number of hydrogen-bond donors (Lipinski definition) is 3. The quantitative estimate of drug-likeness (QED) is 0.632. The number of halogens is 3. The lowest BCUT2D eigenvalue weighted by Crippen LogP contribution is -2.36. The second-order valence-electron chi connectivity index (χ2n) is 4.79. The molecule has 8 heteroatoms. The molecule has 3 aromatic rings. The van der Waals surface area contributed by atoms with Gasteiger partial charge in [-0.1, -0.05) is 25.1 Å². The maximum Gasteiger partial charge on any atom is 0.388 e. The summed E-state index contributed by atoms with van der Waals surface area (Å²) in [5.41, 5.74) is 6.14. The van der Waals surface area contributed by atoms with Crippen molar-refractivity contribution in [2.45, 2.75) is 19.5 Å². The number of nitrogens with two attached hydrogens (primary N) is 1. The Kier molecular flexibility index (Phi) is 4.44. The van der Waals surface area contributed by atoms with Crippen LogP contribution in [-0.4, -0.2) is 11.2 Å². The van der Waals surface area contributed by atoms with E-state index in [1.807, 2.05) is 24.3 Å². The zero-order valence-corrected chi connectivity index (χ0v) is 12.1. The number of H-pyrrole nitrogens is 1. The third kappa shape index (κ3) is 3.53. The van der Waals surface area contributed by atoms with Gasteiger partial charge in [-0.15, -0.1) is 0 Å². The van der Waals surface area contributed by atoms with Crippen LogP contribution in [0.2, 0.25) is 0 Å². The smallest absolute Gasteiger partial charge is 0.388 e. The van der Waals surface area contributed by atoms with Crippen molar-refractivity contribution in [1.82, 2.24) is 4.98 Å². The van der Waals surface area contributed by atoms with E-state index in [9.17, 15) is 22.8 Å². The Bertz CT molecular complexity index is 889. The van der Waals surface area contributed by atoms with Crippen molar-refractivity contribution < 1.29 is 13.2 Å². The van der Waals surface area contributed by atoms with E-state index in [2.05, 4.69) is 10.3 Å². The van der Waals surface area contributed by atoms with Crippen LogP contribution in [-0.2, 0) is 0 Å². The first-order chi connectivity index (χ1) is 10.7. The standard InChI is InChI=1S/C12H9N3O2.C3H5F3/c13-9-10(12(17)11(9)16)15-8-5-14-7-4-2-1-3-6(7)8;1-2-3(4,5)6/h1-5,14-15H,13H2;2H2,1H3. The van der Waals surface area contributed by atoms with Gasteiger partial charge in [-0.05, 0) is 6.07 Å². The molecule has 5 nitrogen and oxygen atoms in total. The highest BCUT2D eigenvalue weighted by molar-refractivity contribution is 5.95. The number of alkyl halides is 3. The molecule has 0 radical (unpaired) electrons. The van der Waals surface area contributed by atoms with E-state index < -0.39 is 23.5 Å². The SMILES string of the molecule is CCC(F)(F)F.Nc1c(Nc2c[nH]c3ccccc23)c(=O)c1=O. The van der Waals surface area contributed by atoms with Crippen LogP contribution in [0.1, 0.15) is 13.3 Å². The van der Waals surface area contributed by atoms with Gasteiger partial charge in [-0.3, -0.25) is 9.59 Å². The average molecular weight is 325 g/mol. The molecule has 1 heterocycles. The number of anilines is 3. The second kappa shape index (κ2) is 6.15. The molecule has 0 aliphatic carbocycles. The summed E-state index contributed by atoms with van der Waals surface area (Å²) < 4.78 is 32.4. The van der Waals surface area contributed by atoms with Crippen molar-refractivity contribution in [2.24, 2.45) is 0 Å². The molecule has 1 aromatic heterocycles. The fourth-order valence-corrected chi connectivity index (χ4v) is 1.84. The molecule has 122 valence electrons. The molecule has 0 saturated heterocycles. The Balaban J connectivity index is 0.000000277. The van der Waals surface area contributed by atoms with Crippen molar-refractivity contribution in [3.63, 3.8) is 0 Å². The van der Waals surface area contributed by atoms with Crippen LogP contribution in [0.25, 0.3) is 10.9 Å². The fourth-order valence-electron chi connectivity index (χ4n) is 1.84. The number of aromatic nitrogens is 1. The van der Waals surface area contributed by atoms with E-state index in [1.54, 1.807) is 6.20 Å². The molecule has 0 bridgehead atoms. The van der Waals surface area contributed by atoms with Crippen LogP contribution in [0.3, 0.4) is 0 Å². The molecule has 0 aliphatic heterocycles. The first-order valence-corrected chi connectivity index (χ1v) is 6.73. The molecule has 0 unspecified atom stereocenters. The number of fused-ring (bicyclic) bond motifs is 1. The Labute approximate surface area is 128 Å². The normalized spacial score (nSPS) is 11.3. The van der Waals surface area contributed by atoms with Gasteiger partial charge >= 0.3 is 6.18 Å². The van der Waals surface area contributed by atoms with Crippen LogP contribution in [0.15, 0.2) is 40.1 Å². The Morgan fingerprint density at radius 1 is 1.17 bits per heavy atom. The first kappa shape index (κ1) is 16.6. The van der Waals surface area contributed by atoms with Gasteiger partial charge in [0.2, 0.25) is 0 Å². The van der Waals surface area contributed by atoms with Crippen molar-refractivity contribution >= 4 is 28.0 Å². The maximum absolute atomic E-state index is 11.3. The van der Waals surface area contributed by atoms with E-state index >= 15 is 0 Å². The van der Waals surface area contributed by atoms with Crippen molar-refractivity contribution in [1.29, 1.82) is 0 Å². The molecule has 0 fully saturated rings. The predicted octanol–water partition coefficient (Wildman–Crippen LogP) is 3.05. The highest BCUT2D eigenvalue weighted by Crippen LogP contribution is 2.26. The van der Waals surface area contributed by atoms with Crippen LogP contribution in [0.5, 0.6) is 0 Å². The van der Waals surface area contributed by atoms with Crippen molar-refractivity contribution in [3.05, 3.63) is 50.9 Å².